The summed E-state index contributed by atoms with van der Waals surface area (Å²) >= 11 is 0. The zero-order valence-electron chi connectivity index (χ0n) is 11.4. The largest absolute Gasteiger partial charge is 0.352 e. The standard InChI is InChI=1S/C17H19NO/c1-13(2)17(19)18-12-15-10-6-7-11-16(15)14-8-4-3-5-9-14/h3-11,13H,12H2,1-2H3,(H,18,19). The lowest BCUT2D eigenvalue weighted by atomic mass is 9.99. The number of hydrogen-bond donors (Lipinski definition) is 1. The maximum atomic E-state index is 11.7. The number of rotatable bonds is 4. The maximum absolute atomic E-state index is 11.7. The number of hydrogen-bond acceptors (Lipinski definition) is 1. The molecule has 2 nitrogen and oxygen atoms in total. The van der Waals surface area contributed by atoms with Crippen molar-refractivity contribution in [2.75, 3.05) is 0 Å². The predicted molar refractivity (Wildman–Crippen MR) is 78.6 cm³/mol. The smallest absolute Gasteiger partial charge is 0.222 e. The van der Waals surface area contributed by atoms with E-state index in [0.717, 1.165) is 5.56 Å². The Labute approximate surface area is 114 Å². The molecule has 0 aromatic heterocycles. The summed E-state index contributed by atoms with van der Waals surface area (Å²) in [5.74, 6) is 0.103. The van der Waals surface area contributed by atoms with Gasteiger partial charge in [0.15, 0.2) is 0 Å². The van der Waals surface area contributed by atoms with Gasteiger partial charge in [0.25, 0.3) is 0 Å². The van der Waals surface area contributed by atoms with E-state index < -0.39 is 0 Å². The monoisotopic (exact) mass is 253 g/mol. The van der Waals surface area contributed by atoms with Crippen molar-refractivity contribution in [1.82, 2.24) is 5.32 Å². The summed E-state index contributed by atoms with van der Waals surface area (Å²) in [6.07, 6.45) is 0. The molecule has 0 saturated carbocycles. The van der Waals surface area contributed by atoms with E-state index in [4.69, 9.17) is 0 Å². The molecule has 0 atom stereocenters. The van der Waals surface area contributed by atoms with E-state index in [1.165, 1.54) is 11.1 Å². The molecule has 0 saturated heterocycles. The number of carbonyl (C=O) groups is 1. The molecule has 0 unspecified atom stereocenters. The van der Waals surface area contributed by atoms with Crippen molar-refractivity contribution in [2.45, 2.75) is 20.4 Å². The van der Waals surface area contributed by atoms with Gasteiger partial charge in [0, 0.05) is 12.5 Å². The summed E-state index contributed by atoms with van der Waals surface area (Å²) in [4.78, 5) is 11.7. The molecular formula is C17H19NO. The van der Waals surface area contributed by atoms with Crippen molar-refractivity contribution in [3.05, 3.63) is 60.2 Å². The molecule has 0 aliphatic rings. The molecule has 0 fully saturated rings. The molecule has 0 radical (unpaired) electrons. The normalized spacial score (nSPS) is 10.5. The van der Waals surface area contributed by atoms with Crippen LogP contribution in [0.4, 0.5) is 0 Å². The van der Waals surface area contributed by atoms with Crippen LogP contribution < -0.4 is 5.32 Å². The van der Waals surface area contributed by atoms with Crippen LogP contribution >= 0.6 is 0 Å². The van der Waals surface area contributed by atoms with Crippen molar-refractivity contribution in [1.29, 1.82) is 0 Å². The summed E-state index contributed by atoms with van der Waals surface area (Å²) in [6, 6.07) is 18.4. The van der Waals surface area contributed by atoms with E-state index in [-0.39, 0.29) is 11.8 Å². The quantitative estimate of drug-likeness (QED) is 0.885. The minimum absolute atomic E-state index is 0.0175. The highest BCUT2D eigenvalue weighted by Crippen LogP contribution is 2.23. The fourth-order valence-electron chi connectivity index (χ4n) is 1.96. The number of benzene rings is 2. The second-order valence-electron chi connectivity index (χ2n) is 4.90. The van der Waals surface area contributed by atoms with E-state index in [2.05, 4.69) is 29.6 Å². The van der Waals surface area contributed by atoms with Gasteiger partial charge in [-0.1, -0.05) is 68.4 Å². The highest BCUT2D eigenvalue weighted by molar-refractivity contribution is 5.78. The summed E-state index contributed by atoms with van der Waals surface area (Å²) in [5, 5.41) is 2.97. The lowest BCUT2D eigenvalue weighted by molar-refractivity contribution is -0.124. The van der Waals surface area contributed by atoms with Crippen LogP contribution in [0.3, 0.4) is 0 Å². The van der Waals surface area contributed by atoms with Gasteiger partial charge in [-0.05, 0) is 16.7 Å². The molecule has 1 amide bonds. The Morgan fingerprint density at radius 2 is 1.63 bits per heavy atom. The van der Waals surface area contributed by atoms with Crippen LogP contribution in [-0.2, 0) is 11.3 Å². The van der Waals surface area contributed by atoms with Crippen LogP contribution in [0.1, 0.15) is 19.4 Å². The first-order valence-corrected chi connectivity index (χ1v) is 6.59. The number of amides is 1. The molecule has 0 bridgehead atoms. The van der Waals surface area contributed by atoms with E-state index in [1.54, 1.807) is 0 Å². The van der Waals surface area contributed by atoms with Crippen LogP contribution in [-0.4, -0.2) is 5.91 Å². The van der Waals surface area contributed by atoms with E-state index in [0.29, 0.717) is 6.54 Å². The Hall–Kier alpha value is -2.09. The van der Waals surface area contributed by atoms with Crippen molar-refractivity contribution >= 4 is 5.91 Å². The molecule has 98 valence electrons. The highest BCUT2D eigenvalue weighted by Gasteiger charge is 2.08. The molecule has 1 N–H and O–H groups in total. The first-order chi connectivity index (χ1) is 9.18. The summed E-state index contributed by atoms with van der Waals surface area (Å²) in [6.45, 7) is 4.37. The van der Waals surface area contributed by atoms with Crippen molar-refractivity contribution in [2.24, 2.45) is 5.92 Å². The second-order valence-corrected chi connectivity index (χ2v) is 4.90. The topological polar surface area (TPSA) is 29.1 Å². The fourth-order valence-corrected chi connectivity index (χ4v) is 1.96. The third-order valence-corrected chi connectivity index (χ3v) is 3.08. The van der Waals surface area contributed by atoms with E-state index in [1.807, 2.05) is 44.2 Å². The molecule has 19 heavy (non-hydrogen) atoms. The Bertz CT molecular complexity index is 546. The third kappa shape index (κ3) is 3.44. The van der Waals surface area contributed by atoms with Crippen LogP contribution in [0.25, 0.3) is 11.1 Å². The van der Waals surface area contributed by atoms with Crippen LogP contribution in [0.5, 0.6) is 0 Å². The van der Waals surface area contributed by atoms with Crippen molar-refractivity contribution < 1.29 is 4.79 Å². The number of carbonyl (C=O) groups excluding carboxylic acids is 1. The fraction of sp³-hybridized carbons (Fsp3) is 0.235. The van der Waals surface area contributed by atoms with Gasteiger partial charge < -0.3 is 5.32 Å². The van der Waals surface area contributed by atoms with Gasteiger partial charge in [0.1, 0.15) is 0 Å². The third-order valence-electron chi connectivity index (χ3n) is 3.08. The van der Waals surface area contributed by atoms with Crippen molar-refractivity contribution in [3.63, 3.8) is 0 Å². The van der Waals surface area contributed by atoms with E-state index in [9.17, 15) is 4.79 Å². The van der Waals surface area contributed by atoms with Gasteiger partial charge in [-0.2, -0.15) is 0 Å². The van der Waals surface area contributed by atoms with Gasteiger partial charge >= 0.3 is 0 Å². The van der Waals surface area contributed by atoms with Gasteiger partial charge in [0.05, 0.1) is 0 Å². The summed E-state index contributed by atoms with van der Waals surface area (Å²) < 4.78 is 0. The predicted octanol–water partition coefficient (Wildman–Crippen LogP) is 3.63. The number of nitrogens with one attached hydrogen (secondary N) is 1. The Morgan fingerprint density at radius 1 is 1.00 bits per heavy atom. The average Bonchev–Trinajstić information content (AvgIpc) is 2.46. The molecule has 0 spiro atoms. The van der Waals surface area contributed by atoms with Gasteiger partial charge in [-0.25, -0.2) is 0 Å². The molecule has 2 aromatic rings. The molecule has 2 heteroatoms. The minimum Gasteiger partial charge on any atom is -0.352 e. The first-order valence-electron chi connectivity index (χ1n) is 6.59. The lowest BCUT2D eigenvalue weighted by Gasteiger charge is -2.12. The molecule has 0 aliphatic heterocycles. The van der Waals surface area contributed by atoms with Crippen LogP contribution in [0.15, 0.2) is 54.6 Å². The second kappa shape index (κ2) is 6.19. The Kier molecular flexibility index (Phi) is 4.35. The van der Waals surface area contributed by atoms with Crippen LogP contribution in [0, 0.1) is 5.92 Å². The van der Waals surface area contributed by atoms with E-state index >= 15 is 0 Å². The SMILES string of the molecule is CC(C)C(=O)NCc1ccccc1-c1ccccc1. The van der Waals surface area contributed by atoms with Gasteiger partial charge in [-0.3, -0.25) is 4.79 Å². The van der Waals surface area contributed by atoms with Crippen molar-refractivity contribution in [3.8, 4) is 11.1 Å². The molecular weight excluding hydrogens is 234 g/mol. The molecule has 0 aliphatic carbocycles. The summed E-state index contributed by atoms with van der Waals surface area (Å²) in [5.41, 5.74) is 3.49. The molecule has 2 rings (SSSR count). The van der Waals surface area contributed by atoms with Crippen LogP contribution in [0.2, 0.25) is 0 Å². The first kappa shape index (κ1) is 13.3. The summed E-state index contributed by atoms with van der Waals surface area (Å²) in [7, 11) is 0. The lowest BCUT2D eigenvalue weighted by Crippen LogP contribution is -2.27. The highest BCUT2D eigenvalue weighted by atomic mass is 16.1. The molecule has 2 aromatic carbocycles. The Balaban J connectivity index is 2.20. The zero-order chi connectivity index (χ0) is 13.7. The Morgan fingerprint density at radius 3 is 2.32 bits per heavy atom. The minimum atomic E-state index is 0.0175. The molecule has 0 heterocycles. The van der Waals surface area contributed by atoms with Gasteiger partial charge in [0.2, 0.25) is 5.91 Å². The maximum Gasteiger partial charge on any atom is 0.222 e. The zero-order valence-corrected chi connectivity index (χ0v) is 11.4. The average molecular weight is 253 g/mol. The van der Waals surface area contributed by atoms with Gasteiger partial charge in [-0.15, -0.1) is 0 Å².